The molecular weight excluding hydrogens is 1180 g/mol. The van der Waals surface area contributed by atoms with Crippen LogP contribution >= 0.6 is 0 Å². The summed E-state index contributed by atoms with van der Waals surface area (Å²) >= 11 is 0. The third-order valence-corrected chi connectivity index (χ3v) is 20.8. The zero-order chi connectivity index (χ0) is 63.8. The molecule has 0 fully saturated rings. The highest BCUT2D eigenvalue weighted by Crippen LogP contribution is 2.65. The zero-order valence-electron chi connectivity index (χ0n) is 52.6. The summed E-state index contributed by atoms with van der Waals surface area (Å²) in [6.07, 6.45) is 0. The van der Waals surface area contributed by atoms with Crippen LogP contribution in [0.4, 0.5) is 22.7 Å². The van der Waals surface area contributed by atoms with Gasteiger partial charge in [-0.2, -0.15) is 0 Å². The maximum Gasteiger partial charge on any atom is 0.143 e. The molecule has 0 amide bonds. The van der Waals surface area contributed by atoms with E-state index >= 15 is 0 Å². The van der Waals surface area contributed by atoms with Crippen molar-refractivity contribution in [2.75, 3.05) is 10.6 Å². The predicted octanol–water partition coefficient (Wildman–Crippen LogP) is 24.3. The number of hydrogen-bond donors (Lipinski definition) is 2. The molecule has 0 saturated heterocycles. The third-order valence-electron chi connectivity index (χ3n) is 20.8. The normalized spacial score (nSPS) is 13.5. The third kappa shape index (κ3) is 8.19. The fraction of sp³-hybridized carbons (Fsp3) is 0.0217. The van der Waals surface area contributed by atoms with Gasteiger partial charge in [-0.15, -0.1) is 0 Å². The van der Waals surface area contributed by atoms with E-state index in [2.05, 4.69) is 350 Å². The lowest BCUT2D eigenvalue weighted by molar-refractivity contribution is 0.436. The second-order valence-corrected chi connectivity index (χ2v) is 25.8. The smallest absolute Gasteiger partial charge is 0.143 e. The largest absolute Gasteiger partial charge is 0.457 e. The number of anilines is 4. The molecule has 454 valence electrons. The van der Waals surface area contributed by atoms with E-state index in [1.54, 1.807) is 0 Å². The van der Waals surface area contributed by atoms with Crippen molar-refractivity contribution < 1.29 is 13.9 Å². The first-order chi connectivity index (χ1) is 48.1. The Hall–Kier alpha value is -12.7. The summed E-state index contributed by atoms with van der Waals surface area (Å²) in [4.78, 5) is 0. The summed E-state index contributed by atoms with van der Waals surface area (Å²) in [6, 6.07) is 123. The molecule has 0 bridgehead atoms. The Morgan fingerprint density at radius 1 is 0.227 bits per heavy atom. The number of rotatable bonds is 9. The molecule has 4 aliphatic rings. The summed E-state index contributed by atoms with van der Waals surface area (Å²) in [7, 11) is 0. The minimum atomic E-state index is -0.696. The molecule has 20 rings (SSSR count). The highest BCUT2D eigenvalue weighted by molar-refractivity contribution is 6.15. The molecule has 2 N–H and O–H groups in total. The lowest BCUT2D eigenvalue weighted by atomic mass is 9.66. The van der Waals surface area contributed by atoms with Crippen molar-refractivity contribution in [3.05, 3.63) is 384 Å². The molecule has 16 aromatic rings. The maximum atomic E-state index is 7.25. The Labute approximate surface area is 561 Å². The fourth-order valence-electron chi connectivity index (χ4n) is 16.7. The number of nitrogens with one attached hydrogen (secondary N) is 2. The molecule has 5 nitrogen and oxygen atoms in total. The number of fused-ring (bicyclic) bond motifs is 21. The average Bonchev–Trinajstić information content (AvgIpc) is 1.54. The van der Waals surface area contributed by atoms with Gasteiger partial charge in [-0.25, -0.2) is 0 Å². The SMILES string of the molecule is c1ccc(-c2ccccc2-c2ccc(Nc3ccc4c(c3)C3(c5ccc(-c6cccc7c6oc6cccc(Nc8ccc(-c9ccc%10c(c9)Oc9ccccc9C%109c%10ccccc%10-c%10ccccc%109)cc8)c67)cc5O4)c4ccccc4-c4ccccc43)cc2-c2ccccc2)cc1. The van der Waals surface area contributed by atoms with Crippen LogP contribution in [0.5, 0.6) is 23.0 Å². The Morgan fingerprint density at radius 3 is 1.33 bits per heavy atom. The van der Waals surface area contributed by atoms with E-state index in [9.17, 15) is 0 Å². The Balaban J connectivity index is 0.637. The standard InChI is InChI=1S/C92H58N2O3/c1-3-21-58(22-4-1)65-25-7-8-26-67(65)68-49-47-63(55-74(68)59-23-5-2-6-24-59)93-64-48-52-85-82(56-64)92(77-35-15-11-29-71(77)72-30-12-16-36-78(72)92)81-51-44-61(54-88(81)96-85)66-31-19-32-73-89-83(38-20-40-86(89)97-90(66)73)94-62-45-41-57(42-46-62)60-43-50-80-87(53-60)95-84-39-18-17-37-79(84)91(80)75-33-13-9-27-69(75)70-28-10-14-34-76(70)91/h1-56,93-94H. The predicted molar refractivity (Wildman–Crippen MR) is 395 cm³/mol. The minimum Gasteiger partial charge on any atom is -0.457 e. The molecule has 5 heteroatoms. The first kappa shape index (κ1) is 54.8. The number of para-hydroxylation sites is 2. The summed E-state index contributed by atoms with van der Waals surface area (Å²) < 4.78 is 21.1. The van der Waals surface area contributed by atoms with Crippen LogP contribution in [0.3, 0.4) is 0 Å². The molecule has 0 unspecified atom stereocenters. The topological polar surface area (TPSA) is 55.7 Å². The van der Waals surface area contributed by atoms with E-state index < -0.39 is 10.8 Å². The van der Waals surface area contributed by atoms with Gasteiger partial charge in [0, 0.05) is 50.3 Å². The fourth-order valence-corrected chi connectivity index (χ4v) is 16.7. The monoisotopic (exact) mass is 1240 g/mol. The van der Waals surface area contributed by atoms with Crippen LogP contribution in [0.25, 0.3) is 99.8 Å². The van der Waals surface area contributed by atoms with Crippen LogP contribution in [-0.2, 0) is 10.8 Å². The zero-order valence-corrected chi connectivity index (χ0v) is 52.6. The molecule has 0 radical (unpaired) electrons. The lowest BCUT2D eigenvalue weighted by Gasteiger charge is -2.39. The molecule has 0 saturated carbocycles. The van der Waals surface area contributed by atoms with Gasteiger partial charge in [0.25, 0.3) is 0 Å². The van der Waals surface area contributed by atoms with Gasteiger partial charge in [0.1, 0.15) is 34.2 Å². The Bertz CT molecular complexity index is 5810. The minimum absolute atomic E-state index is 0.501. The first-order valence-corrected chi connectivity index (χ1v) is 33.3. The molecule has 2 aliphatic heterocycles. The summed E-state index contributed by atoms with van der Waals surface area (Å²) in [6.45, 7) is 0. The van der Waals surface area contributed by atoms with Crippen molar-refractivity contribution in [3.63, 3.8) is 0 Å². The van der Waals surface area contributed by atoms with Crippen LogP contribution in [0.1, 0.15) is 44.5 Å². The van der Waals surface area contributed by atoms with E-state index in [0.29, 0.717) is 0 Å². The highest BCUT2D eigenvalue weighted by atomic mass is 16.5. The van der Waals surface area contributed by atoms with Crippen LogP contribution < -0.4 is 20.1 Å². The van der Waals surface area contributed by atoms with Crippen LogP contribution in [0, 0.1) is 0 Å². The quantitative estimate of drug-likeness (QED) is 0.151. The molecule has 15 aromatic carbocycles. The van der Waals surface area contributed by atoms with E-state index in [1.165, 1.54) is 66.8 Å². The van der Waals surface area contributed by atoms with Crippen molar-refractivity contribution in [1.82, 2.24) is 0 Å². The molecule has 2 spiro atoms. The molecule has 0 atom stereocenters. The van der Waals surface area contributed by atoms with Gasteiger partial charge in [-0.05, 0) is 167 Å². The molecule has 97 heavy (non-hydrogen) atoms. The lowest BCUT2D eigenvalue weighted by Crippen LogP contribution is -2.32. The Kier molecular flexibility index (Phi) is 12.1. The van der Waals surface area contributed by atoms with E-state index in [-0.39, 0.29) is 0 Å². The van der Waals surface area contributed by atoms with E-state index in [0.717, 1.165) is 123 Å². The second kappa shape index (κ2) is 21.4. The van der Waals surface area contributed by atoms with Gasteiger partial charge in [0.15, 0.2) is 0 Å². The molecule has 1 aromatic heterocycles. The van der Waals surface area contributed by atoms with Crippen LogP contribution in [0.15, 0.2) is 344 Å². The van der Waals surface area contributed by atoms with Crippen molar-refractivity contribution in [2.24, 2.45) is 0 Å². The highest BCUT2D eigenvalue weighted by Gasteiger charge is 2.53. The average molecular weight is 1240 g/mol. The van der Waals surface area contributed by atoms with Gasteiger partial charge in [0.05, 0.1) is 21.9 Å². The van der Waals surface area contributed by atoms with Crippen LogP contribution in [-0.4, -0.2) is 0 Å². The Morgan fingerprint density at radius 2 is 0.680 bits per heavy atom. The van der Waals surface area contributed by atoms with Gasteiger partial charge in [-0.1, -0.05) is 267 Å². The van der Waals surface area contributed by atoms with Gasteiger partial charge >= 0.3 is 0 Å². The number of benzene rings is 15. The van der Waals surface area contributed by atoms with Gasteiger partial charge < -0.3 is 24.5 Å². The van der Waals surface area contributed by atoms with E-state index in [1.807, 2.05) is 0 Å². The first-order valence-electron chi connectivity index (χ1n) is 33.3. The summed E-state index contributed by atoms with van der Waals surface area (Å²) in [5.41, 5.74) is 30.0. The van der Waals surface area contributed by atoms with E-state index in [4.69, 9.17) is 13.9 Å². The van der Waals surface area contributed by atoms with Gasteiger partial charge in [0.2, 0.25) is 0 Å². The van der Waals surface area contributed by atoms with Crippen molar-refractivity contribution in [3.8, 4) is 101 Å². The van der Waals surface area contributed by atoms with Crippen LogP contribution in [0.2, 0.25) is 0 Å². The second-order valence-electron chi connectivity index (χ2n) is 25.8. The maximum absolute atomic E-state index is 7.25. The molecule has 3 heterocycles. The number of hydrogen-bond acceptors (Lipinski definition) is 5. The summed E-state index contributed by atoms with van der Waals surface area (Å²) in [5, 5.41) is 9.74. The molecular formula is C92H58N2O3. The van der Waals surface area contributed by atoms with Gasteiger partial charge in [-0.3, -0.25) is 0 Å². The van der Waals surface area contributed by atoms with Crippen molar-refractivity contribution >= 4 is 44.7 Å². The molecule has 2 aliphatic carbocycles. The number of furan rings is 1. The van der Waals surface area contributed by atoms with Crippen molar-refractivity contribution in [2.45, 2.75) is 10.8 Å². The number of ether oxygens (including phenoxy) is 2. The summed E-state index contributed by atoms with van der Waals surface area (Å²) in [5.74, 6) is 3.36. The van der Waals surface area contributed by atoms with Crippen molar-refractivity contribution in [1.29, 1.82) is 0 Å².